The van der Waals surface area contributed by atoms with Crippen LogP contribution >= 0.6 is 0 Å². The molecule has 2 heteroatoms. The van der Waals surface area contributed by atoms with Gasteiger partial charge in [-0.25, -0.2) is 0 Å². The first-order valence-corrected chi connectivity index (χ1v) is 9.04. The maximum atomic E-state index is 4.96. The highest BCUT2D eigenvalue weighted by Gasteiger charge is 2.36. The smallest absolute Gasteiger partial charge is 0.157 e. The molecule has 0 N–H and O–H groups in total. The summed E-state index contributed by atoms with van der Waals surface area (Å²) >= 11 is 0. The molecule has 0 unspecified atom stereocenters. The molecule has 0 aliphatic rings. The highest BCUT2D eigenvalue weighted by molar-refractivity contribution is 5.50. The van der Waals surface area contributed by atoms with Gasteiger partial charge in [0.05, 0.1) is 5.69 Å². The van der Waals surface area contributed by atoms with Gasteiger partial charge >= 0.3 is 0 Å². The molecule has 0 atom stereocenters. The molecular formula is C25H20N2. The van der Waals surface area contributed by atoms with Crippen LogP contribution < -0.4 is 0 Å². The van der Waals surface area contributed by atoms with E-state index in [-0.39, 0.29) is 0 Å². The van der Waals surface area contributed by atoms with Gasteiger partial charge in [0.15, 0.2) is 5.54 Å². The molecule has 0 spiro atoms. The van der Waals surface area contributed by atoms with Crippen molar-refractivity contribution in [2.45, 2.75) is 5.54 Å². The first kappa shape index (κ1) is 16.9. The molecule has 130 valence electrons. The second kappa shape index (κ2) is 7.79. The van der Waals surface area contributed by atoms with Gasteiger partial charge in [-0.1, -0.05) is 109 Å². The van der Waals surface area contributed by atoms with Crippen molar-refractivity contribution < 1.29 is 0 Å². The molecule has 4 aromatic carbocycles. The Morgan fingerprint density at radius 1 is 0.407 bits per heavy atom. The van der Waals surface area contributed by atoms with Crippen molar-refractivity contribution in [3.63, 3.8) is 0 Å². The van der Waals surface area contributed by atoms with Crippen molar-refractivity contribution in [3.8, 4) is 0 Å². The van der Waals surface area contributed by atoms with E-state index >= 15 is 0 Å². The molecule has 0 amide bonds. The van der Waals surface area contributed by atoms with Crippen molar-refractivity contribution in [2.24, 2.45) is 10.2 Å². The number of nitrogens with zero attached hydrogens (tertiary/aromatic N) is 2. The molecule has 4 aromatic rings. The number of azo groups is 1. The highest BCUT2D eigenvalue weighted by atomic mass is 15.2. The van der Waals surface area contributed by atoms with Crippen LogP contribution in [0.15, 0.2) is 132 Å². The number of rotatable bonds is 5. The van der Waals surface area contributed by atoms with Crippen molar-refractivity contribution in [2.75, 3.05) is 0 Å². The van der Waals surface area contributed by atoms with Crippen LogP contribution in [-0.2, 0) is 5.54 Å². The maximum Gasteiger partial charge on any atom is 0.157 e. The Morgan fingerprint density at radius 3 is 1.11 bits per heavy atom. The van der Waals surface area contributed by atoms with Gasteiger partial charge in [0, 0.05) is 0 Å². The van der Waals surface area contributed by atoms with Gasteiger partial charge in [0.2, 0.25) is 0 Å². The summed E-state index contributed by atoms with van der Waals surface area (Å²) in [5.74, 6) is 0. The van der Waals surface area contributed by atoms with Crippen LogP contribution in [0.4, 0.5) is 5.69 Å². The summed E-state index contributed by atoms with van der Waals surface area (Å²) in [4.78, 5) is 0. The van der Waals surface area contributed by atoms with Crippen LogP contribution in [0.25, 0.3) is 0 Å². The molecule has 0 aromatic heterocycles. The summed E-state index contributed by atoms with van der Waals surface area (Å²) in [6.45, 7) is 0. The molecule has 0 fully saturated rings. The zero-order chi connectivity index (χ0) is 18.4. The standard InChI is InChI=1S/C25H20N2/c1-5-13-21(14-6-1)25(22-15-7-2-8-16-22,23-17-9-3-10-18-23)27-26-24-19-11-4-12-20-24/h1-20H/b27-26+. The lowest BCUT2D eigenvalue weighted by atomic mass is 9.78. The molecule has 0 aliphatic carbocycles. The van der Waals surface area contributed by atoms with E-state index in [2.05, 4.69) is 41.5 Å². The Hall–Kier alpha value is -3.52. The van der Waals surface area contributed by atoms with E-state index in [9.17, 15) is 0 Å². The molecule has 4 rings (SSSR count). The Bertz CT molecular complexity index is 898. The molecule has 2 nitrogen and oxygen atoms in total. The molecule has 27 heavy (non-hydrogen) atoms. The predicted molar refractivity (Wildman–Crippen MR) is 110 cm³/mol. The minimum atomic E-state index is -0.709. The zero-order valence-electron chi connectivity index (χ0n) is 14.9. The summed E-state index contributed by atoms with van der Waals surface area (Å²) in [5, 5.41) is 9.59. The fourth-order valence-corrected chi connectivity index (χ4v) is 3.34. The maximum absolute atomic E-state index is 4.96. The fourth-order valence-electron chi connectivity index (χ4n) is 3.34. The van der Waals surface area contributed by atoms with Gasteiger partial charge in [-0.15, -0.1) is 0 Å². The molecule has 0 radical (unpaired) electrons. The van der Waals surface area contributed by atoms with Crippen molar-refractivity contribution >= 4 is 5.69 Å². The van der Waals surface area contributed by atoms with Crippen LogP contribution in [0.1, 0.15) is 16.7 Å². The van der Waals surface area contributed by atoms with E-state index in [0.717, 1.165) is 22.4 Å². The quantitative estimate of drug-likeness (QED) is 0.281. The third-order valence-electron chi connectivity index (χ3n) is 4.65. The highest BCUT2D eigenvalue weighted by Crippen LogP contribution is 2.41. The summed E-state index contributed by atoms with van der Waals surface area (Å²) in [6.07, 6.45) is 0. The van der Waals surface area contributed by atoms with Crippen molar-refractivity contribution in [1.29, 1.82) is 0 Å². The lowest BCUT2D eigenvalue weighted by Crippen LogP contribution is -2.26. The third kappa shape index (κ3) is 3.42. The van der Waals surface area contributed by atoms with Gasteiger partial charge in [-0.2, -0.15) is 10.2 Å². The van der Waals surface area contributed by atoms with Gasteiger partial charge in [0.25, 0.3) is 0 Å². The molecule has 0 aliphatic heterocycles. The van der Waals surface area contributed by atoms with Crippen LogP contribution in [-0.4, -0.2) is 0 Å². The van der Waals surface area contributed by atoms with Crippen LogP contribution in [0.3, 0.4) is 0 Å². The van der Waals surface area contributed by atoms with Gasteiger partial charge in [-0.3, -0.25) is 0 Å². The van der Waals surface area contributed by atoms with Crippen LogP contribution in [0.5, 0.6) is 0 Å². The van der Waals surface area contributed by atoms with E-state index in [0.29, 0.717) is 0 Å². The number of hydrogen-bond acceptors (Lipinski definition) is 2. The van der Waals surface area contributed by atoms with Crippen LogP contribution in [0, 0.1) is 0 Å². The van der Waals surface area contributed by atoms with Crippen molar-refractivity contribution in [3.05, 3.63) is 138 Å². The molecular weight excluding hydrogens is 328 g/mol. The van der Waals surface area contributed by atoms with E-state index in [1.165, 1.54) is 0 Å². The predicted octanol–water partition coefficient (Wildman–Crippen LogP) is 6.76. The molecule has 0 saturated carbocycles. The SMILES string of the molecule is c1ccc(/N=N/C(c2ccccc2)(c2ccccc2)c2ccccc2)cc1. The summed E-state index contributed by atoms with van der Waals surface area (Å²) in [7, 11) is 0. The van der Waals surface area contributed by atoms with Gasteiger partial charge in [0.1, 0.15) is 0 Å². The van der Waals surface area contributed by atoms with Gasteiger partial charge < -0.3 is 0 Å². The lowest BCUT2D eigenvalue weighted by Gasteiger charge is -2.30. The number of benzene rings is 4. The summed E-state index contributed by atoms with van der Waals surface area (Å²) < 4.78 is 0. The lowest BCUT2D eigenvalue weighted by molar-refractivity contribution is 0.618. The average Bonchev–Trinajstić information content (AvgIpc) is 2.77. The second-order valence-corrected chi connectivity index (χ2v) is 6.34. The van der Waals surface area contributed by atoms with Gasteiger partial charge in [-0.05, 0) is 28.8 Å². The summed E-state index contributed by atoms with van der Waals surface area (Å²) in [6, 6.07) is 40.9. The fraction of sp³-hybridized carbons (Fsp3) is 0.0400. The van der Waals surface area contributed by atoms with Crippen LogP contribution in [0.2, 0.25) is 0 Å². The van der Waals surface area contributed by atoms with E-state index < -0.39 is 5.54 Å². The monoisotopic (exact) mass is 348 g/mol. The minimum absolute atomic E-state index is 0.709. The van der Waals surface area contributed by atoms with E-state index in [1.54, 1.807) is 0 Å². The Kier molecular flexibility index (Phi) is 4.88. The van der Waals surface area contributed by atoms with E-state index in [1.807, 2.05) is 84.9 Å². The topological polar surface area (TPSA) is 24.7 Å². The zero-order valence-corrected chi connectivity index (χ0v) is 14.9. The summed E-state index contributed by atoms with van der Waals surface area (Å²) in [5.41, 5.74) is 3.38. The minimum Gasteiger partial charge on any atom is -0.167 e. The third-order valence-corrected chi connectivity index (χ3v) is 4.65. The molecule has 0 bridgehead atoms. The Morgan fingerprint density at radius 2 is 0.741 bits per heavy atom. The Balaban J connectivity index is 1.99. The van der Waals surface area contributed by atoms with E-state index in [4.69, 9.17) is 5.11 Å². The first-order chi connectivity index (χ1) is 13.4. The average molecular weight is 348 g/mol. The van der Waals surface area contributed by atoms with Crippen molar-refractivity contribution in [1.82, 2.24) is 0 Å². The largest absolute Gasteiger partial charge is 0.167 e. The number of hydrogen-bond donors (Lipinski definition) is 0. The normalized spacial score (nSPS) is 11.6. The Labute approximate surface area is 159 Å². The molecule has 0 heterocycles. The molecule has 0 saturated heterocycles. The first-order valence-electron chi connectivity index (χ1n) is 9.04. The second-order valence-electron chi connectivity index (χ2n) is 6.34.